The second kappa shape index (κ2) is 4.40. The molecule has 3 nitrogen and oxygen atoms in total. The van der Waals surface area contributed by atoms with E-state index in [0.717, 1.165) is 18.2 Å². The van der Waals surface area contributed by atoms with Gasteiger partial charge in [-0.2, -0.15) is 0 Å². The molecular weight excluding hydrogens is 236 g/mol. The molecule has 6 heteroatoms. The molecule has 0 saturated carbocycles. The fourth-order valence-corrected chi connectivity index (χ4v) is 1.21. The van der Waals surface area contributed by atoms with E-state index in [1.807, 2.05) is 0 Å². The topological polar surface area (TPSA) is 37.8 Å². The van der Waals surface area contributed by atoms with Gasteiger partial charge in [-0.25, -0.2) is 8.78 Å². The van der Waals surface area contributed by atoms with Crippen LogP contribution in [0.25, 0.3) is 0 Å². The third kappa shape index (κ3) is 2.43. The quantitative estimate of drug-likeness (QED) is 0.878. The molecule has 0 spiro atoms. The lowest BCUT2D eigenvalue weighted by Gasteiger charge is -2.05. The molecule has 1 aromatic heterocycles. The lowest BCUT2D eigenvalue weighted by Crippen LogP contribution is -1.98. The van der Waals surface area contributed by atoms with Crippen LogP contribution in [0.4, 0.5) is 20.3 Å². The average molecular weight is 242 g/mol. The van der Waals surface area contributed by atoms with Crippen LogP contribution in [0.2, 0.25) is 5.15 Å². The van der Waals surface area contributed by atoms with Crippen molar-refractivity contribution in [1.29, 1.82) is 0 Å². The van der Waals surface area contributed by atoms with Crippen molar-refractivity contribution in [2.24, 2.45) is 0 Å². The van der Waals surface area contributed by atoms with E-state index in [2.05, 4.69) is 15.5 Å². The van der Waals surface area contributed by atoms with Gasteiger partial charge in [0.25, 0.3) is 0 Å². The predicted octanol–water partition coefficient (Wildman–Crippen LogP) is 3.15. The Labute approximate surface area is 95.1 Å². The maximum Gasteiger partial charge on any atom is 0.153 e. The van der Waals surface area contributed by atoms with Gasteiger partial charge in [-0.1, -0.05) is 11.6 Å². The van der Waals surface area contributed by atoms with Crippen molar-refractivity contribution in [3.05, 3.63) is 47.1 Å². The molecule has 2 rings (SSSR count). The number of nitrogens with zero attached hydrogens (tertiary/aromatic N) is 2. The van der Waals surface area contributed by atoms with Crippen molar-refractivity contribution < 1.29 is 8.78 Å². The summed E-state index contributed by atoms with van der Waals surface area (Å²) in [6, 6.07) is 6.11. The zero-order chi connectivity index (χ0) is 11.5. The monoisotopic (exact) mass is 241 g/mol. The lowest BCUT2D eigenvalue weighted by molar-refractivity contribution is 0.603. The van der Waals surface area contributed by atoms with Gasteiger partial charge < -0.3 is 5.32 Å². The highest BCUT2D eigenvalue weighted by atomic mass is 35.5. The minimum absolute atomic E-state index is 0.00313. The van der Waals surface area contributed by atoms with Gasteiger partial charge in [-0.15, -0.1) is 10.2 Å². The van der Waals surface area contributed by atoms with E-state index < -0.39 is 11.6 Å². The first-order valence-corrected chi connectivity index (χ1v) is 4.74. The van der Waals surface area contributed by atoms with Crippen LogP contribution in [0.5, 0.6) is 0 Å². The van der Waals surface area contributed by atoms with Gasteiger partial charge in [0.05, 0.1) is 5.69 Å². The summed E-state index contributed by atoms with van der Waals surface area (Å²) in [5.74, 6) is -0.821. The highest BCUT2D eigenvalue weighted by Crippen LogP contribution is 2.19. The van der Waals surface area contributed by atoms with Gasteiger partial charge in [0, 0.05) is 6.07 Å². The molecule has 16 heavy (non-hydrogen) atoms. The molecule has 0 saturated heterocycles. The van der Waals surface area contributed by atoms with Crippen LogP contribution in [0.1, 0.15) is 0 Å². The molecule has 1 heterocycles. The number of anilines is 2. The zero-order valence-corrected chi connectivity index (χ0v) is 8.67. The van der Waals surface area contributed by atoms with Crippen molar-refractivity contribution in [2.75, 3.05) is 5.32 Å². The molecule has 0 radical (unpaired) electrons. The summed E-state index contributed by atoms with van der Waals surface area (Å²) in [6.45, 7) is 0. The van der Waals surface area contributed by atoms with Crippen LogP contribution in [-0.4, -0.2) is 10.2 Å². The van der Waals surface area contributed by atoms with Crippen molar-refractivity contribution >= 4 is 23.1 Å². The molecule has 2 aromatic rings. The first-order chi connectivity index (χ1) is 7.65. The van der Waals surface area contributed by atoms with E-state index in [1.54, 1.807) is 0 Å². The minimum atomic E-state index is -0.571. The zero-order valence-electron chi connectivity index (χ0n) is 7.92. The molecule has 0 amide bonds. The molecule has 0 bridgehead atoms. The van der Waals surface area contributed by atoms with Crippen molar-refractivity contribution in [3.63, 3.8) is 0 Å². The molecule has 0 fully saturated rings. The number of benzene rings is 1. The number of rotatable bonds is 2. The lowest BCUT2D eigenvalue weighted by atomic mass is 10.3. The van der Waals surface area contributed by atoms with Gasteiger partial charge in [-0.3, -0.25) is 0 Å². The molecule has 0 unspecified atom stereocenters. The normalized spacial score (nSPS) is 10.2. The van der Waals surface area contributed by atoms with Crippen LogP contribution < -0.4 is 5.32 Å². The Kier molecular flexibility index (Phi) is 2.96. The van der Waals surface area contributed by atoms with E-state index in [1.165, 1.54) is 12.1 Å². The van der Waals surface area contributed by atoms with E-state index in [0.29, 0.717) is 0 Å². The van der Waals surface area contributed by atoms with Gasteiger partial charge >= 0.3 is 0 Å². The van der Waals surface area contributed by atoms with E-state index in [-0.39, 0.29) is 16.7 Å². The maximum atomic E-state index is 13.2. The SMILES string of the molecule is Fc1ccc(F)c(Nc2ccc(Cl)nn2)c1. The maximum absolute atomic E-state index is 13.2. The number of nitrogens with one attached hydrogen (secondary N) is 1. The van der Waals surface area contributed by atoms with Crippen molar-refractivity contribution in [2.45, 2.75) is 0 Å². The second-order valence-electron chi connectivity index (χ2n) is 2.99. The molecule has 0 aliphatic heterocycles. The Morgan fingerprint density at radius 3 is 2.56 bits per heavy atom. The summed E-state index contributed by atoms with van der Waals surface area (Å²) in [4.78, 5) is 0. The van der Waals surface area contributed by atoms with Crippen LogP contribution in [0.15, 0.2) is 30.3 Å². The summed E-state index contributed by atoms with van der Waals surface area (Å²) < 4.78 is 26.1. The Morgan fingerprint density at radius 1 is 1.06 bits per heavy atom. The van der Waals surface area contributed by atoms with Gasteiger partial charge in [0.15, 0.2) is 11.0 Å². The fraction of sp³-hybridized carbons (Fsp3) is 0. The van der Waals surface area contributed by atoms with Gasteiger partial charge in [0.1, 0.15) is 11.6 Å². The van der Waals surface area contributed by atoms with Crippen molar-refractivity contribution in [1.82, 2.24) is 10.2 Å². The predicted molar refractivity (Wildman–Crippen MR) is 56.7 cm³/mol. The third-order valence-electron chi connectivity index (χ3n) is 1.82. The number of hydrogen-bond donors (Lipinski definition) is 1. The summed E-state index contributed by atoms with van der Waals surface area (Å²) in [5.41, 5.74) is -0.00313. The summed E-state index contributed by atoms with van der Waals surface area (Å²) >= 11 is 5.54. The van der Waals surface area contributed by atoms with Gasteiger partial charge in [-0.05, 0) is 24.3 Å². The van der Waals surface area contributed by atoms with E-state index in [9.17, 15) is 8.78 Å². The molecular formula is C10H6ClF2N3. The molecule has 0 atom stereocenters. The number of hydrogen-bond acceptors (Lipinski definition) is 3. The molecule has 0 aliphatic carbocycles. The first-order valence-electron chi connectivity index (χ1n) is 4.36. The van der Waals surface area contributed by atoms with E-state index >= 15 is 0 Å². The Balaban J connectivity index is 2.26. The highest BCUT2D eigenvalue weighted by molar-refractivity contribution is 6.29. The second-order valence-corrected chi connectivity index (χ2v) is 3.38. The Hall–Kier alpha value is -1.75. The summed E-state index contributed by atoms with van der Waals surface area (Å²) in [6.07, 6.45) is 0. The first kappa shape index (κ1) is 10.8. The Bertz CT molecular complexity index is 502. The highest BCUT2D eigenvalue weighted by Gasteiger charge is 2.04. The smallest absolute Gasteiger partial charge is 0.153 e. The average Bonchev–Trinajstić information content (AvgIpc) is 2.27. The molecule has 1 N–H and O–H groups in total. The largest absolute Gasteiger partial charge is 0.336 e. The third-order valence-corrected chi connectivity index (χ3v) is 2.02. The molecule has 82 valence electrons. The van der Waals surface area contributed by atoms with Gasteiger partial charge in [0.2, 0.25) is 0 Å². The number of halogens is 3. The minimum Gasteiger partial charge on any atom is -0.336 e. The van der Waals surface area contributed by atoms with Crippen LogP contribution in [0.3, 0.4) is 0 Å². The van der Waals surface area contributed by atoms with Crippen LogP contribution >= 0.6 is 11.6 Å². The Morgan fingerprint density at radius 2 is 1.88 bits per heavy atom. The van der Waals surface area contributed by atoms with Crippen molar-refractivity contribution in [3.8, 4) is 0 Å². The number of aromatic nitrogens is 2. The van der Waals surface area contributed by atoms with Crippen LogP contribution in [-0.2, 0) is 0 Å². The fourth-order valence-electron chi connectivity index (χ4n) is 1.11. The molecule has 0 aliphatic rings. The molecule has 1 aromatic carbocycles. The summed E-state index contributed by atoms with van der Waals surface area (Å²) in [7, 11) is 0. The summed E-state index contributed by atoms with van der Waals surface area (Å²) in [5, 5.41) is 10.0. The van der Waals surface area contributed by atoms with Crippen LogP contribution in [0, 0.1) is 11.6 Å². The standard InChI is InChI=1S/C10H6ClF2N3/c11-9-3-4-10(16-15-9)14-8-5-6(12)1-2-7(8)13/h1-5H,(H,14,16). The van der Waals surface area contributed by atoms with E-state index in [4.69, 9.17) is 11.6 Å².